The number of halogens is 1. The molecular formula is C16H16BrN3S. The van der Waals surface area contributed by atoms with Crippen LogP contribution in [-0.2, 0) is 6.54 Å². The predicted molar refractivity (Wildman–Crippen MR) is 92.5 cm³/mol. The second-order valence-electron chi connectivity index (χ2n) is 5.20. The van der Waals surface area contributed by atoms with Gasteiger partial charge in [-0.05, 0) is 34.0 Å². The summed E-state index contributed by atoms with van der Waals surface area (Å²) in [4.78, 5) is 10.7. The molecule has 0 saturated heterocycles. The number of aromatic nitrogens is 2. The Morgan fingerprint density at radius 1 is 1.24 bits per heavy atom. The van der Waals surface area contributed by atoms with Gasteiger partial charge in [-0.15, -0.1) is 11.3 Å². The van der Waals surface area contributed by atoms with Crippen LogP contribution >= 0.6 is 27.3 Å². The van der Waals surface area contributed by atoms with Crippen LogP contribution in [0, 0.1) is 0 Å². The lowest BCUT2D eigenvalue weighted by Gasteiger charge is -2.04. The smallest absolute Gasteiger partial charge is 0.143 e. The van der Waals surface area contributed by atoms with E-state index in [4.69, 9.17) is 15.7 Å². The Bertz CT molecular complexity index is 795. The molecular weight excluding hydrogens is 346 g/mol. The Balaban J connectivity index is 2.18. The van der Waals surface area contributed by atoms with Crippen molar-refractivity contribution in [2.45, 2.75) is 26.3 Å². The van der Waals surface area contributed by atoms with Gasteiger partial charge in [0.2, 0.25) is 0 Å². The molecule has 0 radical (unpaired) electrons. The number of hydrogen-bond acceptors (Lipinski definition) is 4. The molecule has 0 spiro atoms. The molecule has 0 atom stereocenters. The number of benzene rings is 1. The van der Waals surface area contributed by atoms with Crippen LogP contribution in [-0.4, -0.2) is 9.97 Å². The standard InChI is InChI=1S/C16H16BrN3S/c1-9(2)14-13(8-18)21-16(20-14)15-11(17)7-10-5-3-4-6-12(10)19-15/h3-7,9H,8,18H2,1-2H3. The lowest BCUT2D eigenvalue weighted by atomic mass is 10.1. The van der Waals surface area contributed by atoms with Gasteiger partial charge in [0.15, 0.2) is 0 Å². The number of rotatable bonds is 3. The summed E-state index contributed by atoms with van der Waals surface area (Å²) in [6.07, 6.45) is 0. The van der Waals surface area contributed by atoms with E-state index in [1.807, 2.05) is 18.2 Å². The zero-order chi connectivity index (χ0) is 15.0. The first-order valence-electron chi connectivity index (χ1n) is 6.85. The number of pyridine rings is 1. The first-order chi connectivity index (χ1) is 10.1. The van der Waals surface area contributed by atoms with Crippen molar-refractivity contribution in [1.82, 2.24) is 9.97 Å². The summed E-state index contributed by atoms with van der Waals surface area (Å²) >= 11 is 5.25. The molecule has 0 aliphatic heterocycles. The highest BCUT2D eigenvalue weighted by Gasteiger charge is 2.17. The van der Waals surface area contributed by atoms with E-state index >= 15 is 0 Å². The van der Waals surface area contributed by atoms with Crippen LogP contribution in [0.1, 0.15) is 30.3 Å². The van der Waals surface area contributed by atoms with Crippen molar-refractivity contribution in [3.63, 3.8) is 0 Å². The minimum atomic E-state index is 0.368. The van der Waals surface area contributed by atoms with E-state index in [1.165, 1.54) is 0 Å². The van der Waals surface area contributed by atoms with Gasteiger partial charge in [-0.1, -0.05) is 32.0 Å². The average molecular weight is 362 g/mol. The SMILES string of the molecule is CC(C)c1nc(-c2nc3ccccc3cc2Br)sc1CN. The molecule has 21 heavy (non-hydrogen) atoms. The molecule has 0 aliphatic carbocycles. The number of fused-ring (bicyclic) bond motifs is 1. The topological polar surface area (TPSA) is 51.8 Å². The molecule has 3 nitrogen and oxygen atoms in total. The van der Waals surface area contributed by atoms with E-state index in [1.54, 1.807) is 11.3 Å². The number of thiazole rings is 1. The number of nitrogens with two attached hydrogens (primary N) is 1. The Kier molecular flexibility index (Phi) is 4.06. The van der Waals surface area contributed by atoms with E-state index < -0.39 is 0 Å². The lowest BCUT2D eigenvalue weighted by molar-refractivity contribution is 0.813. The van der Waals surface area contributed by atoms with Crippen molar-refractivity contribution in [3.05, 3.63) is 45.4 Å². The normalized spacial score (nSPS) is 11.5. The van der Waals surface area contributed by atoms with Crippen molar-refractivity contribution in [3.8, 4) is 10.7 Å². The highest BCUT2D eigenvalue weighted by atomic mass is 79.9. The molecule has 3 aromatic rings. The molecule has 0 saturated carbocycles. The maximum Gasteiger partial charge on any atom is 0.143 e. The van der Waals surface area contributed by atoms with E-state index in [0.717, 1.165) is 36.6 Å². The zero-order valence-corrected chi connectivity index (χ0v) is 14.3. The average Bonchev–Trinajstić information content (AvgIpc) is 2.90. The Hall–Kier alpha value is -1.30. The minimum Gasteiger partial charge on any atom is -0.326 e. The van der Waals surface area contributed by atoms with Crippen LogP contribution in [0.2, 0.25) is 0 Å². The maximum absolute atomic E-state index is 5.85. The summed E-state index contributed by atoms with van der Waals surface area (Å²) in [5, 5.41) is 2.05. The fraction of sp³-hybridized carbons (Fsp3) is 0.250. The van der Waals surface area contributed by atoms with Crippen molar-refractivity contribution in [2.75, 3.05) is 0 Å². The van der Waals surface area contributed by atoms with E-state index in [-0.39, 0.29) is 0 Å². The van der Waals surface area contributed by atoms with Crippen LogP contribution in [0.15, 0.2) is 34.8 Å². The van der Waals surface area contributed by atoms with Gasteiger partial charge in [0.25, 0.3) is 0 Å². The first-order valence-corrected chi connectivity index (χ1v) is 8.46. The van der Waals surface area contributed by atoms with Gasteiger partial charge < -0.3 is 5.73 Å². The first kappa shape index (κ1) is 14.6. The molecule has 1 aromatic carbocycles. The van der Waals surface area contributed by atoms with Crippen molar-refractivity contribution >= 4 is 38.2 Å². The third-order valence-corrected chi connectivity index (χ3v) is 5.04. The summed E-state index contributed by atoms with van der Waals surface area (Å²) in [6, 6.07) is 10.2. The van der Waals surface area contributed by atoms with Gasteiger partial charge in [0.1, 0.15) is 10.7 Å². The van der Waals surface area contributed by atoms with Crippen LogP contribution in [0.5, 0.6) is 0 Å². The monoisotopic (exact) mass is 361 g/mol. The van der Waals surface area contributed by atoms with Crippen LogP contribution < -0.4 is 5.73 Å². The summed E-state index contributed by atoms with van der Waals surface area (Å²) < 4.78 is 0.967. The quantitative estimate of drug-likeness (QED) is 0.735. The number of para-hydroxylation sites is 1. The Morgan fingerprint density at radius 2 is 2.00 bits per heavy atom. The predicted octanol–water partition coefficient (Wildman–Crippen LogP) is 4.70. The Morgan fingerprint density at radius 3 is 2.67 bits per heavy atom. The second kappa shape index (κ2) is 5.83. The number of hydrogen-bond donors (Lipinski definition) is 1. The van der Waals surface area contributed by atoms with Gasteiger partial charge in [0, 0.05) is 21.3 Å². The van der Waals surface area contributed by atoms with Crippen molar-refractivity contribution in [1.29, 1.82) is 0 Å². The van der Waals surface area contributed by atoms with E-state index in [0.29, 0.717) is 12.5 Å². The summed E-state index contributed by atoms with van der Waals surface area (Å²) in [5.41, 5.74) is 8.80. The third kappa shape index (κ3) is 2.73. The fourth-order valence-electron chi connectivity index (χ4n) is 2.30. The molecule has 3 rings (SSSR count). The number of nitrogens with zero attached hydrogens (tertiary/aromatic N) is 2. The molecule has 108 valence electrons. The largest absolute Gasteiger partial charge is 0.326 e. The highest BCUT2D eigenvalue weighted by molar-refractivity contribution is 9.10. The lowest BCUT2D eigenvalue weighted by Crippen LogP contribution is -1.99. The molecule has 0 fully saturated rings. The van der Waals surface area contributed by atoms with Gasteiger partial charge in [-0.3, -0.25) is 0 Å². The van der Waals surface area contributed by atoms with Crippen LogP contribution in [0.25, 0.3) is 21.6 Å². The van der Waals surface area contributed by atoms with Gasteiger partial charge in [-0.25, -0.2) is 9.97 Å². The summed E-state index contributed by atoms with van der Waals surface area (Å²) in [5.74, 6) is 0.368. The summed E-state index contributed by atoms with van der Waals surface area (Å²) in [7, 11) is 0. The molecule has 5 heteroatoms. The highest BCUT2D eigenvalue weighted by Crippen LogP contribution is 2.35. The molecule has 0 bridgehead atoms. The molecule has 0 aliphatic rings. The van der Waals surface area contributed by atoms with Crippen molar-refractivity contribution < 1.29 is 0 Å². The van der Waals surface area contributed by atoms with Crippen LogP contribution in [0.3, 0.4) is 0 Å². The third-order valence-electron chi connectivity index (χ3n) is 3.34. The van der Waals surface area contributed by atoms with E-state index in [2.05, 4.69) is 41.9 Å². The minimum absolute atomic E-state index is 0.368. The van der Waals surface area contributed by atoms with Gasteiger partial charge in [-0.2, -0.15) is 0 Å². The zero-order valence-electron chi connectivity index (χ0n) is 11.9. The second-order valence-corrected chi connectivity index (χ2v) is 7.14. The molecule has 2 aromatic heterocycles. The molecule has 2 N–H and O–H groups in total. The van der Waals surface area contributed by atoms with Crippen LogP contribution in [0.4, 0.5) is 0 Å². The maximum atomic E-state index is 5.85. The molecule has 0 unspecified atom stereocenters. The van der Waals surface area contributed by atoms with Crippen molar-refractivity contribution in [2.24, 2.45) is 5.73 Å². The fourth-order valence-corrected chi connectivity index (χ4v) is 4.06. The van der Waals surface area contributed by atoms with Gasteiger partial charge in [0.05, 0.1) is 11.2 Å². The molecule has 2 heterocycles. The Labute approximate surface area is 136 Å². The summed E-state index contributed by atoms with van der Waals surface area (Å²) in [6.45, 7) is 4.80. The van der Waals surface area contributed by atoms with Gasteiger partial charge >= 0.3 is 0 Å². The molecule has 0 amide bonds. The van der Waals surface area contributed by atoms with E-state index in [9.17, 15) is 0 Å².